The molecule has 3 N–H and O–H groups in total. The molecule has 0 unspecified atom stereocenters. The molecule has 2 atom stereocenters. The number of rotatable bonds is 2. The monoisotopic (exact) mass is 141 g/mol. The number of furan rings is 1. The summed E-state index contributed by atoms with van der Waals surface area (Å²) in [6.45, 7) is 1.65. The van der Waals surface area contributed by atoms with Gasteiger partial charge in [0, 0.05) is 5.56 Å². The van der Waals surface area contributed by atoms with Crippen molar-refractivity contribution in [2.75, 3.05) is 0 Å². The third kappa shape index (κ3) is 1.37. The molecule has 0 bridgehead atoms. The first-order valence-electron chi connectivity index (χ1n) is 3.17. The lowest BCUT2D eigenvalue weighted by atomic mass is 10.1. The molecule has 0 aliphatic carbocycles. The first kappa shape index (κ1) is 7.31. The number of hydrogen-bond donors (Lipinski definition) is 2. The summed E-state index contributed by atoms with van der Waals surface area (Å²) < 4.78 is 4.79. The molecule has 0 fully saturated rings. The molecule has 0 aliphatic rings. The first-order valence-corrected chi connectivity index (χ1v) is 3.17. The highest BCUT2D eigenvalue weighted by Gasteiger charge is 2.11. The van der Waals surface area contributed by atoms with E-state index in [2.05, 4.69) is 0 Å². The van der Waals surface area contributed by atoms with Crippen molar-refractivity contribution in [2.45, 2.75) is 19.1 Å². The number of aliphatic hydroxyl groups is 1. The van der Waals surface area contributed by atoms with Crippen LogP contribution in [0.15, 0.2) is 23.0 Å². The molecule has 10 heavy (non-hydrogen) atoms. The van der Waals surface area contributed by atoms with E-state index < -0.39 is 6.10 Å². The van der Waals surface area contributed by atoms with Gasteiger partial charge in [0.05, 0.1) is 24.7 Å². The Morgan fingerprint density at radius 2 is 2.40 bits per heavy atom. The van der Waals surface area contributed by atoms with E-state index in [4.69, 9.17) is 15.3 Å². The largest absolute Gasteiger partial charge is 0.472 e. The molecule has 0 aromatic carbocycles. The maximum atomic E-state index is 9.03. The average Bonchev–Trinajstić information content (AvgIpc) is 2.36. The molecular weight excluding hydrogens is 130 g/mol. The van der Waals surface area contributed by atoms with Crippen LogP contribution in [0.4, 0.5) is 0 Å². The van der Waals surface area contributed by atoms with E-state index in [1.165, 1.54) is 12.5 Å². The summed E-state index contributed by atoms with van der Waals surface area (Å²) in [7, 11) is 0. The number of aliphatic hydroxyl groups excluding tert-OH is 1. The molecule has 1 aromatic rings. The molecule has 0 saturated carbocycles. The van der Waals surface area contributed by atoms with Crippen molar-refractivity contribution in [3.63, 3.8) is 0 Å². The minimum Gasteiger partial charge on any atom is -0.472 e. The molecule has 0 radical (unpaired) electrons. The topological polar surface area (TPSA) is 59.4 Å². The molecule has 1 heterocycles. The predicted octanol–water partition coefficient (Wildman–Crippen LogP) is 0.660. The smallest absolute Gasteiger partial charge is 0.0951 e. The first-order chi connectivity index (χ1) is 4.72. The zero-order valence-electron chi connectivity index (χ0n) is 5.82. The Bertz CT molecular complexity index is 181. The van der Waals surface area contributed by atoms with E-state index in [9.17, 15) is 0 Å². The lowest BCUT2D eigenvalue weighted by molar-refractivity contribution is 0.164. The normalized spacial score (nSPS) is 16.7. The van der Waals surface area contributed by atoms with Crippen LogP contribution in [0.25, 0.3) is 0 Å². The van der Waals surface area contributed by atoms with Crippen LogP contribution in [0.2, 0.25) is 0 Å². The molecule has 0 saturated heterocycles. The van der Waals surface area contributed by atoms with Crippen molar-refractivity contribution in [1.29, 1.82) is 0 Å². The number of hydrogen-bond acceptors (Lipinski definition) is 3. The van der Waals surface area contributed by atoms with Crippen LogP contribution in [0.1, 0.15) is 18.5 Å². The molecule has 0 aliphatic heterocycles. The zero-order chi connectivity index (χ0) is 7.56. The van der Waals surface area contributed by atoms with Gasteiger partial charge < -0.3 is 15.3 Å². The Kier molecular flexibility index (Phi) is 2.09. The van der Waals surface area contributed by atoms with Crippen LogP contribution in [0.3, 0.4) is 0 Å². The van der Waals surface area contributed by atoms with Crippen molar-refractivity contribution in [3.8, 4) is 0 Å². The Hall–Kier alpha value is -0.800. The van der Waals surface area contributed by atoms with Gasteiger partial charge in [0.25, 0.3) is 0 Å². The third-order valence-electron chi connectivity index (χ3n) is 1.45. The van der Waals surface area contributed by atoms with Crippen molar-refractivity contribution in [3.05, 3.63) is 24.2 Å². The molecule has 1 aromatic heterocycles. The van der Waals surface area contributed by atoms with Gasteiger partial charge in [-0.3, -0.25) is 0 Å². The standard InChI is InChI=1S/C7H11NO2/c1-5(9)7(8)6-2-3-10-4-6/h2-5,7,9H,8H2,1H3/t5-,7-/m0/s1. The van der Waals surface area contributed by atoms with Gasteiger partial charge in [0.1, 0.15) is 0 Å². The van der Waals surface area contributed by atoms with Gasteiger partial charge in [-0.05, 0) is 13.0 Å². The van der Waals surface area contributed by atoms with Crippen molar-refractivity contribution < 1.29 is 9.52 Å². The summed E-state index contributed by atoms with van der Waals surface area (Å²) in [5.41, 5.74) is 6.40. The van der Waals surface area contributed by atoms with Gasteiger partial charge in [0.2, 0.25) is 0 Å². The molecule has 3 nitrogen and oxygen atoms in total. The van der Waals surface area contributed by atoms with E-state index in [1.807, 2.05) is 0 Å². The van der Waals surface area contributed by atoms with Crippen LogP contribution >= 0.6 is 0 Å². The van der Waals surface area contributed by atoms with Crippen molar-refractivity contribution in [1.82, 2.24) is 0 Å². The minimum atomic E-state index is -0.530. The molecule has 0 amide bonds. The molecular formula is C7H11NO2. The molecule has 3 heteroatoms. The van der Waals surface area contributed by atoms with Gasteiger partial charge >= 0.3 is 0 Å². The van der Waals surface area contributed by atoms with Crippen LogP contribution in [-0.2, 0) is 0 Å². The SMILES string of the molecule is C[C@H](O)[C@H](N)c1ccoc1. The molecule has 56 valence electrons. The van der Waals surface area contributed by atoms with Crippen LogP contribution in [0.5, 0.6) is 0 Å². The van der Waals surface area contributed by atoms with E-state index in [1.54, 1.807) is 13.0 Å². The Balaban J connectivity index is 2.68. The maximum Gasteiger partial charge on any atom is 0.0951 e. The van der Waals surface area contributed by atoms with Gasteiger partial charge in [-0.25, -0.2) is 0 Å². The lowest BCUT2D eigenvalue weighted by Crippen LogP contribution is -2.22. The summed E-state index contributed by atoms with van der Waals surface area (Å²) in [6, 6.07) is 1.41. The lowest BCUT2D eigenvalue weighted by Gasteiger charge is -2.11. The van der Waals surface area contributed by atoms with Crippen LogP contribution in [0, 0.1) is 0 Å². The van der Waals surface area contributed by atoms with Gasteiger partial charge in [0.15, 0.2) is 0 Å². The highest BCUT2D eigenvalue weighted by atomic mass is 16.3. The van der Waals surface area contributed by atoms with Crippen LogP contribution in [-0.4, -0.2) is 11.2 Å². The fourth-order valence-electron chi connectivity index (χ4n) is 0.743. The Morgan fingerprint density at radius 3 is 2.80 bits per heavy atom. The van der Waals surface area contributed by atoms with Crippen molar-refractivity contribution >= 4 is 0 Å². The van der Waals surface area contributed by atoms with Gasteiger partial charge in [-0.1, -0.05) is 0 Å². The second-order valence-corrected chi connectivity index (χ2v) is 2.32. The molecule has 0 spiro atoms. The summed E-state index contributed by atoms with van der Waals surface area (Å²) >= 11 is 0. The predicted molar refractivity (Wildman–Crippen MR) is 37.3 cm³/mol. The zero-order valence-corrected chi connectivity index (χ0v) is 5.82. The van der Waals surface area contributed by atoms with E-state index in [0.29, 0.717) is 0 Å². The second-order valence-electron chi connectivity index (χ2n) is 2.32. The fourth-order valence-corrected chi connectivity index (χ4v) is 0.743. The minimum absolute atomic E-state index is 0.334. The maximum absolute atomic E-state index is 9.03. The summed E-state index contributed by atoms with van der Waals surface area (Å²) in [5.74, 6) is 0. The average molecular weight is 141 g/mol. The van der Waals surface area contributed by atoms with E-state index >= 15 is 0 Å². The highest BCUT2D eigenvalue weighted by Crippen LogP contribution is 2.13. The third-order valence-corrected chi connectivity index (χ3v) is 1.45. The van der Waals surface area contributed by atoms with E-state index in [0.717, 1.165) is 5.56 Å². The fraction of sp³-hybridized carbons (Fsp3) is 0.429. The van der Waals surface area contributed by atoms with E-state index in [-0.39, 0.29) is 6.04 Å². The highest BCUT2D eigenvalue weighted by molar-refractivity contribution is 5.11. The Labute approximate surface area is 59.5 Å². The quantitative estimate of drug-likeness (QED) is 0.636. The second kappa shape index (κ2) is 2.86. The summed E-state index contributed by atoms with van der Waals surface area (Å²) in [6.07, 6.45) is 2.55. The summed E-state index contributed by atoms with van der Waals surface area (Å²) in [4.78, 5) is 0. The number of nitrogens with two attached hydrogens (primary N) is 1. The van der Waals surface area contributed by atoms with Crippen LogP contribution < -0.4 is 5.73 Å². The molecule has 1 rings (SSSR count). The van der Waals surface area contributed by atoms with Gasteiger partial charge in [-0.2, -0.15) is 0 Å². The van der Waals surface area contributed by atoms with Gasteiger partial charge in [-0.15, -0.1) is 0 Å². The summed E-state index contributed by atoms with van der Waals surface area (Å²) in [5, 5.41) is 9.03. The Morgan fingerprint density at radius 1 is 1.70 bits per heavy atom. The van der Waals surface area contributed by atoms with Crippen molar-refractivity contribution in [2.24, 2.45) is 5.73 Å².